The summed E-state index contributed by atoms with van der Waals surface area (Å²) in [6, 6.07) is 25.2. The van der Waals surface area contributed by atoms with Gasteiger partial charge in [-0.25, -0.2) is 0 Å². The zero-order chi connectivity index (χ0) is 23.9. The number of nitrogens with zero attached hydrogens (tertiary/aromatic N) is 2. The van der Waals surface area contributed by atoms with Crippen molar-refractivity contribution >= 4 is 40.6 Å². The third-order valence-electron chi connectivity index (χ3n) is 4.94. The maximum absolute atomic E-state index is 12.7. The first-order valence-corrected chi connectivity index (χ1v) is 11.2. The summed E-state index contributed by atoms with van der Waals surface area (Å²) in [7, 11) is 0. The van der Waals surface area contributed by atoms with E-state index in [1.165, 1.54) is 0 Å². The number of thioether (sulfide) groups is 1. The van der Waals surface area contributed by atoms with Crippen LogP contribution in [0.4, 0.5) is 10.5 Å². The van der Waals surface area contributed by atoms with Crippen LogP contribution in [0.5, 0.6) is 5.75 Å². The molecule has 0 bridgehead atoms. The van der Waals surface area contributed by atoms with Crippen LogP contribution in [0.3, 0.4) is 0 Å². The Labute approximate surface area is 200 Å². The molecule has 1 saturated heterocycles. The van der Waals surface area contributed by atoms with Gasteiger partial charge in [0.2, 0.25) is 5.91 Å². The van der Waals surface area contributed by atoms with Crippen molar-refractivity contribution in [3.8, 4) is 11.8 Å². The predicted octanol–water partition coefficient (Wildman–Crippen LogP) is 4.81. The van der Waals surface area contributed by atoms with Gasteiger partial charge in [0.15, 0.2) is 0 Å². The molecule has 168 valence electrons. The molecule has 0 unspecified atom stereocenters. The molecular weight excluding hydrogens is 450 g/mol. The number of anilines is 1. The second kappa shape index (κ2) is 10.5. The molecule has 1 aliphatic rings. The van der Waals surface area contributed by atoms with E-state index in [-0.39, 0.29) is 18.1 Å². The standard InChI is InChI=1S/C26H19N3O4S/c27-15-19-6-4-5-7-20(19)17-33-22-12-10-18(11-13-22)14-23-25(31)29(26(32)34-23)16-24(30)28-21-8-2-1-3-9-21/h1-14H,16-17H2,(H,28,30)/b23-14-. The largest absolute Gasteiger partial charge is 0.489 e. The van der Waals surface area contributed by atoms with E-state index < -0.39 is 17.1 Å². The smallest absolute Gasteiger partial charge is 0.294 e. The summed E-state index contributed by atoms with van der Waals surface area (Å²) in [4.78, 5) is 38.4. The second-order valence-electron chi connectivity index (χ2n) is 7.31. The van der Waals surface area contributed by atoms with E-state index in [1.54, 1.807) is 66.7 Å². The Morgan fingerprint density at radius 3 is 2.44 bits per heavy atom. The molecule has 3 amide bonds. The first kappa shape index (κ1) is 22.8. The highest BCUT2D eigenvalue weighted by atomic mass is 32.2. The average molecular weight is 470 g/mol. The summed E-state index contributed by atoms with van der Waals surface area (Å²) in [6.07, 6.45) is 1.61. The number of imide groups is 1. The molecule has 7 nitrogen and oxygen atoms in total. The minimum absolute atomic E-state index is 0.245. The topological polar surface area (TPSA) is 99.5 Å². The molecular formula is C26H19N3O4S. The molecule has 0 saturated carbocycles. The molecule has 0 aliphatic carbocycles. The molecule has 3 aromatic rings. The predicted molar refractivity (Wildman–Crippen MR) is 130 cm³/mol. The Morgan fingerprint density at radius 1 is 1.00 bits per heavy atom. The minimum Gasteiger partial charge on any atom is -0.489 e. The van der Waals surface area contributed by atoms with E-state index in [9.17, 15) is 19.6 Å². The molecule has 0 aromatic heterocycles. The van der Waals surface area contributed by atoms with Gasteiger partial charge in [0.1, 0.15) is 18.9 Å². The van der Waals surface area contributed by atoms with Crippen LogP contribution in [0.25, 0.3) is 6.08 Å². The lowest BCUT2D eigenvalue weighted by Crippen LogP contribution is -2.36. The van der Waals surface area contributed by atoms with Gasteiger partial charge in [-0.15, -0.1) is 0 Å². The fraction of sp³-hybridized carbons (Fsp3) is 0.0769. The molecule has 1 aliphatic heterocycles. The van der Waals surface area contributed by atoms with E-state index in [0.29, 0.717) is 22.6 Å². The molecule has 8 heteroatoms. The lowest BCUT2D eigenvalue weighted by Gasteiger charge is -2.12. The van der Waals surface area contributed by atoms with Gasteiger partial charge in [0.05, 0.1) is 16.5 Å². The van der Waals surface area contributed by atoms with Crippen LogP contribution >= 0.6 is 11.8 Å². The van der Waals surface area contributed by atoms with Crippen LogP contribution in [0, 0.1) is 11.3 Å². The first-order valence-electron chi connectivity index (χ1n) is 10.3. The van der Waals surface area contributed by atoms with Gasteiger partial charge in [-0.05, 0) is 53.7 Å². The number of benzene rings is 3. The molecule has 0 spiro atoms. The second-order valence-corrected chi connectivity index (χ2v) is 8.30. The van der Waals surface area contributed by atoms with Gasteiger partial charge in [-0.2, -0.15) is 5.26 Å². The Hall–Kier alpha value is -4.35. The van der Waals surface area contributed by atoms with E-state index in [4.69, 9.17) is 4.74 Å². The number of hydrogen-bond acceptors (Lipinski definition) is 6. The quantitative estimate of drug-likeness (QED) is 0.499. The van der Waals surface area contributed by atoms with E-state index >= 15 is 0 Å². The van der Waals surface area contributed by atoms with Crippen molar-refractivity contribution in [1.29, 1.82) is 5.26 Å². The van der Waals surface area contributed by atoms with Crippen LogP contribution < -0.4 is 10.1 Å². The molecule has 3 aromatic carbocycles. The third-order valence-corrected chi connectivity index (χ3v) is 5.85. The molecule has 1 fully saturated rings. The Bertz CT molecular complexity index is 1300. The number of ether oxygens (including phenoxy) is 1. The lowest BCUT2D eigenvalue weighted by atomic mass is 10.1. The SMILES string of the molecule is N#Cc1ccccc1COc1ccc(/C=C2\SC(=O)N(CC(=O)Nc3ccccc3)C2=O)cc1. The molecule has 0 radical (unpaired) electrons. The van der Waals surface area contributed by atoms with Crippen LogP contribution in [0.15, 0.2) is 83.8 Å². The number of amides is 3. The molecule has 1 heterocycles. The van der Waals surface area contributed by atoms with Crippen molar-refractivity contribution < 1.29 is 19.1 Å². The number of para-hydroxylation sites is 1. The Balaban J connectivity index is 1.37. The number of nitrogens with one attached hydrogen (secondary N) is 1. The van der Waals surface area contributed by atoms with Crippen LogP contribution in [0.1, 0.15) is 16.7 Å². The van der Waals surface area contributed by atoms with Gasteiger partial charge >= 0.3 is 0 Å². The van der Waals surface area contributed by atoms with Crippen molar-refractivity contribution in [2.75, 3.05) is 11.9 Å². The fourth-order valence-corrected chi connectivity index (χ4v) is 4.07. The van der Waals surface area contributed by atoms with Gasteiger partial charge in [0, 0.05) is 11.3 Å². The van der Waals surface area contributed by atoms with E-state index in [1.807, 2.05) is 18.2 Å². The first-order chi connectivity index (χ1) is 16.5. The van der Waals surface area contributed by atoms with E-state index in [2.05, 4.69) is 11.4 Å². The zero-order valence-electron chi connectivity index (χ0n) is 17.9. The van der Waals surface area contributed by atoms with Gasteiger partial charge in [0.25, 0.3) is 11.1 Å². The monoisotopic (exact) mass is 469 g/mol. The normalized spacial score (nSPS) is 14.2. The van der Waals surface area contributed by atoms with Gasteiger partial charge in [-0.3, -0.25) is 19.3 Å². The van der Waals surface area contributed by atoms with Crippen LogP contribution in [-0.4, -0.2) is 28.5 Å². The zero-order valence-corrected chi connectivity index (χ0v) is 18.7. The van der Waals surface area contributed by atoms with Gasteiger partial charge in [-0.1, -0.05) is 48.5 Å². The summed E-state index contributed by atoms with van der Waals surface area (Å²) in [5, 5.41) is 11.3. The number of carbonyl (C=O) groups excluding carboxylic acids is 3. The highest BCUT2D eigenvalue weighted by molar-refractivity contribution is 8.18. The van der Waals surface area contributed by atoms with Crippen LogP contribution in [-0.2, 0) is 16.2 Å². The lowest BCUT2D eigenvalue weighted by molar-refractivity contribution is -0.127. The Morgan fingerprint density at radius 2 is 1.71 bits per heavy atom. The van der Waals surface area contributed by atoms with Crippen molar-refractivity contribution in [2.24, 2.45) is 0 Å². The van der Waals surface area contributed by atoms with Crippen molar-refractivity contribution in [3.63, 3.8) is 0 Å². The van der Waals surface area contributed by atoms with Crippen LogP contribution in [0.2, 0.25) is 0 Å². The summed E-state index contributed by atoms with van der Waals surface area (Å²) in [5.74, 6) is -0.351. The summed E-state index contributed by atoms with van der Waals surface area (Å²) < 4.78 is 5.76. The average Bonchev–Trinajstić information content (AvgIpc) is 3.11. The third kappa shape index (κ3) is 5.52. The van der Waals surface area contributed by atoms with Crippen molar-refractivity contribution in [2.45, 2.75) is 6.61 Å². The van der Waals surface area contributed by atoms with Crippen molar-refractivity contribution in [1.82, 2.24) is 4.90 Å². The molecule has 1 N–H and O–H groups in total. The molecule has 0 atom stereocenters. The summed E-state index contributed by atoms with van der Waals surface area (Å²) >= 11 is 0.797. The molecule has 4 rings (SSSR count). The minimum atomic E-state index is -0.508. The highest BCUT2D eigenvalue weighted by Crippen LogP contribution is 2.32. The van der Waals surface area contributed by atoms with Gasteiger partial charge < -0.3 is 10.1 Å². The maximum Gasteiger partial charge on any atom is 0.294 e. The fourth-order valence-electron chi connectivity index (χ4n) is 3.23. The van der Waals surface area contributed by atoms with E-state index in [0.717, 1.165) is 22.2 Å². The van der Waals surface area contributed by atoms with Crippen molar-refractivity contribution in [3.05, 3.63) is 100 Å². The highest BCUT2D eigenvalue weighted by Gasteiger charge is 2.36. The number of nitriles is 1. The summed E-state index contributed by atoms with van der Waals surface area (Å²) in [6.45, 7) is -0.0964. The number of hydrogen-bond donors (Lipinski definition) is 1. The summed E-state index contributed by atoms with van der Waals surface area (Å²) in [5.41, 5.74) is 2.66. The molecule has 34 heavy (non-hydrogen) atoms. The number of rotatable bonds is 7. The number of carbonyl (C=O) groups is 3. The Kier molecular flexibility index (Phi) is 7.06. The maximum atomic E-state index is 12.7.